The van der Waals surface area contributed by atoms with Gasteiger partial charge in [0.1, 0.15) is 11.4 Å². The van der Waals surface area contributed by atoms with Crippen molar-refractivity contribution < 1.29 is 14.6 Å². The zero-order chi connectivity index (χ0) is 15.6. The van der Waals surface area contributed by atoms with Crippen LogP contribution in [-0.4, -0.2) is 35.3 Å². The highest BCUT2D eigenvalue weighted by Crippen LogP contribution is 2.30. The standard InChI is InChI=1S/C17H22N2O3/c1-22-14-6-4-5-13-15(14)12(11-19-13)7-10-18-16(20)17(21)8-2-3-9-17/h4-6,11,19,21H,2-3,7-10H2,1H3,(H,18,20). The van der Waals surface area contributed by atoms with Gasteiger partial charge in [-0.25, -0.2) is 0 Å². The first-order chi connectivity index (χ1) is 10.6. The largest absolute Gasteiger partial charge is 0.496 e. The third-order valence-electron chi connectivity index (χ3n) is 4.50. The van der Waals surface area contributed by atoms with E-state index in [9.17, 15) is 9.90 Å². The van der Waals surface area contributed by atoms with Gasteiger partial charge in [-0.3, -0.25) is 4.79 Å². The van der Waals surface area contributed by atoms with E-state index in [0.29, 0.717) is 25.8 Å². The second kappa shape index (κ2) is 6.01. The summed E-state index contributed by atoms with van der Waals surface area (Å²) >= 11 is 0. The van der Waals surface area contributed by atoms with Crippen molar-refractivity contribution in [3.05, 3.63) is 30.0 Å². The molecule has 0 unspecified atom stereocenters. The van der Waals surface area contributed by atoms with Gasteiger partial charge in [0.15, 0.2) is 0 Å². The van der Waals surface area contributed by atoms with E-state index in [0.717, 1.165) is 35.1 Å². The van der Waals surface area contributed by atoms with E-state index < -0.39 is 5.60 Å². The zero-order valence-electron chi connectivity index (χ0n) is 12.8. The monoisotopic (exact) mass is 302 g/mol. The highest BCUT2D eigenvalue weighted by molar-refractivity contribution is 5.89. The van der Waals surface area contributed by atoms with Crippen molar-refractivity contribution in [3.8, 4) is 5.75 Å². The molecule has 0 bridgehead atoms. The molecule has 118 valence electrons. The van der Waals surface area contributed by atoms with E-state index in [1.807, 2.05) is 24.4 Å². The highest BCUT2D eigenvalue weighted by Gasteiger charge is 2.38. The lowest BCUT2D eigenvalue weighted by Crippen LogP contribution is -2.45. The number of ether oxygens (including phenoxy) is 1. The lowest BCUT2D eigenvalue weighted by atomic mass is 10.0. The number of aromatic nitrogens is 1. The van der Waals surface area contributed by atoms with Gasteiger partial charge < -0.3 is 20.1 Å². The smallest absolute Gasteiger partial charge is 0.251 e. The fourth-order valence-corrected chi connectivity index (χ4v) is 3.25. The van der Waals surface area contributed by atoms with Gasteiger partial charge in [0.2, 0.25) is 0 Å². The number of carbonyl (C=O) groups is 1. The summed E-state index contributed by atoms with van der Waals surface area (Å²) in [6.45, 7) is 0.506. The normalized spacial score (nSPS) is 16.8. The molecular formula is C17H22N2O3. The van der Waals surface area contributed by atoms with Crippen LogP contribution in [-0.2, 0) is 11.2 Å². The second-order valence-electron chi connectivity index (χ2n) is 5.94. The minimum atomic E-state index is -1.15. The molecule has 3 N–H and O–H groups in total. The number of amides is 1. The Morgan fingerprint density at radius 2 is 2.18 bits per heavy atom. The summed E-state index contributed by atoms with van der Waals surface area (Å²) in [5, 5.41) is 14.1. The SMILES string of the molecule is COc1cccc2[nH]cc(CCNC(=O)C3(O)CCCC3)c12. The molecule has 2 aromatic rings. The quantitative estimate of drug-likeness (QED) is 0.792. The van der Waals surface area contributed by atoms with Gasteiger partial charge in [0.25, 0.3) is 5.91 Å². The van der Waals surface area contributed by atoms with Crippen molar-refractivity contribution in [1.29, 1.82) is 0 Å². The minimum absolute atomic E-state index is 0.239. The van der Waals surface area contributed by atoms with Gasteiger partial charge in [0.05, 0.1) is 7.11 Å². The molecule has 1 aliphatic rings. The number of H-pyrrole nitrogens is 1. The van der Waals surface area contributed by atoms with Gasteiger partial charge >= 0.3 is 0 Å². The second-order valence-corrected chi connectivity index (χ2v) is 5.94. The molecular weight excluding hydrogens is 280 g/mol. The summed E-state index contributed by atoms with van der Waals surface area (Å²) in [6, 6.07) is 5.87. The van der Waals surface area contributed by atoms with Gasteiger partial charge in [-0.05, 0) is 49.8 Å². The molecule has 0 atom stereocenters. The molecule has 22 heavy (non-hydrogen) atoms. The Hall–Kier alpha value is -2.01. The number of rotatable bonds is 5. The Bertz CT molecular complexity index is 672. The van der Waals surface area contributed by atoms with Crippen LogP contribution in [0.3, 0.4) is 0 Å². The van der Waals surface area contributed by atoms with Crippen molar-refractivity contribution >= 4 is 16.8 Å². The molecule has 5 nitrogen and oxygen atoms in total. The molecule has 0 radical (unpaired) electrons. The fraction of sp³-hybridized carbons (Fsp3) is 0.471. The van der Waals surface area contributed by atoms with Gasteiger partial charge in [-0.15, -0.1) is 0 Å². The van der Waals surface area contributed by atoms with Crippen LogP contribution >= 0.6 is 0 Å². The van der Waals surface area contributed by atoms with E-state index >= 15 is 0 Å². The molecule has 5 heteroatoms. The Morgan fingerprint density at radius 3 is 2.91 bits per heavy atom. The first-order valence-electron chi connectivity index (χ1n) is 7.78. The number of hydrogen-bond donors (Lipinski definition) is 3. The average Bonchev–Trinajstić information content (AvgIpc) is 3.14. The Balaban J connectivity index is 1.66. The molecule has 0 aliphatic heterocycles. The summed E-state index contributed by atoms with van der Waals surface area (Å²) in [4.78, 5) is 15.3. The summed E-state index contributed by atoms with van der Waals surface area (Å²) in [5.74, 6) is 0.589. The molecule has 0 spiro atoms. The van der Waals surface area contributed by atoms with E-state index in [4.69, 9.17) is 4.74 Å². The predicted molar refractivity (Wildman–Crippen MR) is 85.0 cm³/mol. The summed E-state index contributed by atoms with van der Waals surface area (Å²) in [5.41, 5.74) is 0.971. The van der Waals surface area contributed by atoms with Crippen molar-refractivity contribution in [2.24, 2.45) is 0 Å². The van der Waals surface area contributed by atoms with E-state index in [2.05, 4.69) is 10.3 Å². The van der Waals surface area contributed by atoms with Gasteiger partial charge in [-0.2, -0.15) is 0 Å². The topological polar surface area (TPSA) is 74.3 Å². The maximum atomic E-state index is 12.1. The molecule has 1 fully saturated rings. The van der Waals surface area contributed by atoms with Gasteiger partial charge in [0, 0.05) is 23.6 Å². The number of aromatic amines is 1. The van der Waals surface area contributed by atoms with Crippen molar-refractivity contribution in [2.45, 2.75) is 37.7 Å². The van der Waals surface area contributed by atoms with E-state index in [-0.39, 0.29) is 5.91 Å². The summed E-state index contributed by atoms with van der Waals surface area (Å²) < 4.78 is 5.40. The number of aliphatic hydroxyl groups is 1. The molecule has 1 amide bonds. The first kappa shape index (κ1) is 14.9. The third-order valence-corrected chi connectivity index (χ3v) is 4.50. The Morgan fingerprint density at radius 1 is 1.41 bits per heavy atom. The zero-order valence-corrected chi connectivity index (χ0v) is 12.8. The summed E-state index contributed by atoms with van der Waals surface area (Å²) in [6.07, 6.45) is 5.62. The van der Waals surface area contributed by atoms with Crippen LogP contribution in [0.1, 0.15) is 31.2 Å². The number of fused-ring (bicyclic) bond motifs is 1. The fourth-order valence-electron chi connectivity index (χ4n) is 3.25. The number of carbonyl (C=O) groups excluding carboxylic acids is 1. The van der Waals surface area contributed by atoms with Crippen molar-refractivity contribution in [1.82, 2.24) is 10.3 Å². The number of methoxy groups -OCH3 is 1. The Labute approximate surface area is 129 Å². The number of benzene rings is 1. The number of nitrogens with one attached hydrogen (secondary N) is 2. The third kappa shape index (κ3) is 2.68. The lowest BCUT2D eigenvalue weighted by molar-refractivity contribution is -0.139. The van der Waals surface area contributed by atoms with E-state index in [1.54, 1.807) is 7.11 Å². The molecule has 1 saturated carbocycles. The highest BCUT2D eigenvalue weighted by atomic mass is 16.5. The lowest BCUT2D eigenvalue weighted by Gasteiger charge is -2.20. The minimum Gasteiger partial charge on any atom is -0.496 e. The first-order valence-corrected chi connectivity index (χ1v) is 7.78. The predicted octanol–water partition coefficient (Wildman–Crippen LogP) is 2.14. The van der Waals surface area contributed by atoms with Crippen molar-refractivity contribution in [3.63, 3.8) is 0 Å². The van der Waals surface area contributed by atoms with Crippen molar-refractivity contribution in [2.75, 3.05) is 13.7 Å². The van der Waals surface area contributed by atoms with Crippen LogP contribution in [0, 0.1) is 0 Å². The molecule has 1 heterocycles. The van der Waals surface area contributed by atoms with Crippen LogP contribution in [0.2, 0.25) is 0 Å². The molecule has 1 aromatic heterocycles. The molecule has 1 aliphatic carbocycles. The van der Waals surface area contributed by atoms with Crippen LogP contribution in [0.4, 0.5) is 0 Å². The van der Waals surface area contributed by atoms with Crippen LogP contribution in [0.5, 0.6) is 5.75 Å². The maximum absolute atomic E-state index is 12.1. The maximum Gasteiger partial charge on any atom is 0.251 e. The average molecular weight is 302 g/mol. The number of hydrogen-bond acceptors (Lipinski definition) is 3. The summed E-state index contributed by atoms with van der Waals surface area (Å²) in [7, 11) is 1.66. The molecule has 3 rings (SSSR count). The van der Waals surface area contributed by atoms with E-state index in [1.165, 1.54) is 0 Å². The molecule has 0 saturated heterocycles. The van der Waals surface area contributed by atoms with Gasteiger partial charge in [-0.1, -0.05) is 6.07 Å². The molecule has 1 aromatic carbocycles. The van der Waals surface area contributed by atoms with Crippen LogP contribution in [0.15, 0.2) is 24.4 Å². The van der Waals surface area contributed by atoms with Crippen LogP contribution in [0.25, 0.3) is 10.9 Å². The van der Waals surface area contributed by atoms with Crippen LogP contribution < -0.4 is 10.1 Å². The Kier molecular flexibility index (Phi) is 4.07.